The minimum atomic E-state index is 0.0532. The molecule has 5 rings (SSSR count). The Morgan fingerprint density at radius 1 is 0.772 bits per heavy atom. The van der Waals surface area contributed by atoms with Gasteiger partial charge in [0.25, 0.3) is 0 Å². The summed E-state index contributed by atoms with van der Waals surface area (Å²) in [7, 11) is 1.64. The Labute approximate surface area is 339 Å². The molecule has 1 saturated carbocycles. The van der Waals surface area contributed by atoms with Crippen LogP contribution in [0.3, 0.4) is 0 Å². The summed E-state index contributed by atoms with van der Waals surface area (Å²) < 4.78 is 45.6. The van der Waals surface area contributed by atoms with E-state index in [4.69, 9.17) is 61.0 Å². The number of benzene rings is 2. The summed E-state index contributed by atoms with van der Waals surface area (Å²) in [4.78, 5) is 4.60. The zero-order valence-electron chi connectivity index (χ0n) is 32.7. The maximum Gasteiger partial charge on any atom is 0.135 e. The Morgan fingerprint density at radius 2 is 1.33 bits per heavy atom. The van der Waals surface area contributed by atoms with E-state index in [2.05, 4.69) is 21.5 Å². The van der Waals surface area contributed by atoms with Crippen molar-refractivity contribution in [2.75, 3.05) is 105 Å². The van der Waals surface area contributed by atoms with Crippen LogP contribution in [-0.2, 0) is 33.2 Å². The lowest BCUT2D eigenvalue weighted by molar-refractivity contribution is -0.0199. The molecule has 0 aliphatic heterocycles. The van der Waals surface area contributed by atoms with Crippen molar-refractivity contribution < 1.29 is 43.0 Å². The van der Waals surface area contributed by atoms with Crippen LogP contribution in [0.25, 0.3) is 16.6 Å². The molecule has 1 fully saturated rings. The smallest absolute Gasteiger partial charge is 0.135 e. The molecule has 0 amide bonds. The predicted molar refractivity (Wildman–Crippen MR) is 220 cm³/mol. The highest BCUT2D eigenvalue weighted by Crippen LogP contribution is 2.33. The lowest BCUT2D eigenvalue weighted by Gasteiger charge is -2.28. The number of hydrogen-bond donors (Lipinski definition) is 4. The summed E-state index contributed by atoms with van der Waals surface area (Å²) in [6, 6.07) is 15.0. The van der Waals surface area contributed by atoms with Gasteiger partial charge in [0.2, 0.25) is 0 Å². The molecule has 16 heteroatoms. The fourth-order valence-electron chi connectivity index (χ4n) is 6.11. The SMILES string of the molecule is COCCOCCOCCOCCOCCOCCOCCOc1ccc(-c2cc3c(N[C@H]4CC[C@H](N)CC4)c(/C(N)=N/c4ccc(O)cc4Cl)cnn3c2)cc1. The third-order valence-electron chi connectivity index (χ3n) is 9.18. The van der Waals surface area contributed by atoms with Crippen molar-refractivity contribution in [3.63, 3.8) is 0 Å². The van der Waals surface area contributed by atoms with Crippen LogP contribution in [0.1, 0.15) is 31.2 Å². The lowest BCUT2D eigenvalue weighted by Crippen LogP contribution is -2.33. The second-order valence-corrected chi connectivity index (χ2v) is 13.8. The van der Waals surface area contributed by atoms with E-state index in [1.807, 2.05) is 35.0 Å². The molecule has 1 aliphatic carbocycles. The molecule has 15 nitrogen and oxygen atoms in total. The largest absolute Gasteiger partial charge is 0.508 e. The number of ether oxygens (including phenoxy) is 8. The van der Waals surface area contributed by atoms with Crippen LogP contribution >= 0.6 is 11.6 Å². The maximum atomic E-state index is 9.79. The number of nitrogens with zero attached hydrogens (tertiary/aromatic N) is 3. The number of aromatic hydroxyl groups is 1. The molecule has 2 heterocycles. The maximum absolute atomic E-state index is 9.79. The fraction of sp³-hybridized carbons (Fsp3) is 0.512. The molecule has 0 atom stereocenters. The van der Waals surface area contributed by atoms with Gasteiger partial charge in [-0.05, 0) is 61.6 Å². The molecule has 1 aliphatic rings. The number of fused-ring (bicyclic) bond motifs is 1. The van der Waals surface area contributed by atoms with E-state index in [-0.39, 0.29) is 23.7 Å². The van der Waals surface area contributed by atoms with Gasteiger partial charge in [0.1, 0.15) is 23.9 Å². The van der Waals surface area contributed by atoms with Gasteiger partial charge >= 0.3 is 0 Å². The Bertz CT molecular complexity index is 1790. The Balaban J connectivity index is 1.01. The first-order valence-corrected chi connectivity index (χ1v) is 19.8. The summed E-state index contributed by atoms with van der Waals surface area (Å²) in [6.07, 6.45) is 7.49. The topological polar surface area (TPSA) is 188 Å². The zero-order valence-corrected chi connectivity index (χ0v) is 33.5. The average Bonchev–Trinajstić information content (AvgIpc) is 3.66. The monoisotopic (exact) mass is 812 g/mol. The summed E-state index contributed by atoms with van der Waals surface area (Å²) in [5, 5.41) is 18.5. The number of rotatable bonds is 27. The normalized spacial score (nSPS) is 16.0. The summed E-state index contributed by atoms with van der Waals surface area (Å²) in [5.41, 5.74) is 17.6. The Morgan fingerprint density at radius 3 is 1.89 bits per heavy atom. The Hall–Kier alpha value is -4.03. The molecular formula is C41H57ClN6O9. The molecule has 6 N–H and O–H groups in total. The van der Waals surface area contributed by atoms with Gasteiger partial charge in [0.15, 0.2) is 0 Å². The van der Waals surface area contributed by atoms with Crippen LogP contribution in [0.4, 0.5) is 11.4 Å². The van der Waals surface area contributed by atoms with Crippen LogP contribution in [0.15, 0.2) is 65.9 Å². The van der Waals surface area contributed by atoms with Gasteiger partial charge in [-0.1, -0.05) is 23.7 Å². The van der Waals surface area contributed by atoms with Gasteiger partial charge in [0.05, 0.1) is 120 Å². The molecule has 312 valence electrons. The van der Waals surface area contributed by atoms with E-state index in [0.717, 1.165) is 53.8 Å². The quantitative estimate of drug-likeness (QED) is 0.0350. The number of phenols is 1. The van der Waals surface area contributed by atoms with E-state index >= 15 is 0 Å². The molecule has 2 aromatic heterocycles. The van der Waals surface area contributed by atoms with Crippen molar-refractivity contribution in [1.29, 1.82) is 0 Å². The highest BCUT2D eigenvalue weighted by atomic mass is 35.5. The molecule has 57 heavy (non-hydrogen) atoms. The number of hydrogen-bond acceptors (Lipinski definition) is 13. The molecule has 0 radical (unpaired) electrons. The molecule has 2 aromatic carbocycles. The molecule has 0 spiro atoms. The average molecular weight is 813 g/mol. The first-order chi connectivity index (χ1) is 27.9. The fourth-order valence-corrected chi connectivity index (χ4v) is 6.33. The van der Waals surface area contributed by atoms with Crippen molar-refractivity contribution in [3.8, 4) is 22.6 Å². The summed E-state index contributed by atoms with van der Waals surface area (Å²) >= 11 is 6.35. The number of nitrogens with two attached hydrogens (primary N) is 2. The second kappa shape index (κ2) is 24.7. The highest BCUT2D eigenvalue weighted by molar-refractivity contribution is 6.33. The number of anilines is 1. The number of phenolic OH excluding ortho intramolecular Hbond substituents is 1. The van der Waals surface area contributed by atoms with Crippen LogP contribution in [0, 0.1) is 0 Å². The van der Waals surface area contributed by atoms with E-state index < -0.39 is 0 Å². The third-order valence-corrected chi connectivity index (χ3v) is 9.48. The zero-order chi connectivity index (χ0) is 40.1. The van der Waals surface area contributed by atoms with Gasteiger partial charge in [0, 0.05) is 37.0 Å². The van der Waals surface area contributed by atoms with Crippen molar-refractivity contribution in [2.45, 2.75) is 37.8 Å². The molecule has 0 bridgehead atoms. The van der Waals surface area contributed by atoms with Gasteiger partial charge in [-0.3, -0.25) is 0 Å². The van der Waals surface area contributed by atoms with Gasteiger partial charge in [-0.15, -0.1) is 0 Å². The standard InChI is InChI=1S/C41H57ClN6O9/c1-50-12-13-51-14-15-52-16-17-53-18-19-54-20-21-55-22-23-56-24-25-57-35-9-2-30(3-10-35)31-26-39-40(46-33-6-4-32(43)5-7-33)36(28-45-48(39)29-31)41(44)47-38-11-8-34(49)27-37(38)42/h2-3,8-11,26-29,32-33,46,49H,4-7,12-25,43H2,1H3,(H2,44,47)/t32-,33-. The first kappa shape index (κ1) is 44.1. The Kier molecular flexibility index (Phi) is 19.1. The molecule has 4 aromatic rings. The van der Waals surface area contributed by atoms with E-state index in [1.165, 1.54) is 12.1 Å². The number of methoxy groups -OCH3 is 1. The minimum absolute atomic E-state index is 0.0532. The van der Waals surface area contributed by atoms with Crippen LogP contribution in [0.5, 0.6) is 11.5 Å². The van der Waals surface area contributed by atoms with Gasteiger partial charge < -0.3 is 59.8 Å². The lowest BCUT2D eigenvalue weighted by atomic mass is 9.91. The predicted octanol–water partition coefficient (Wildman–Crippen LogP) is 5.20. The molecule has 0 unspecified atom stereocenters. The molecule has 0 saturated heterocycles. The summed E-state index contributed by atoms with van der Waals surface area (Å²) in [6.45, 7) is 7.05. The highest BCUT2D eigenvalue weighted by Gasteiger charge is 2.22. The van der Waals surface area contributed by atoms with Gasteiger partial charge in [-0.2, -0.15) is 5.10 Å². The van der Waals surface area contributed by atoms with Crippen molar-refractivity contribution in [3.05, 3.63) is 71.5 Å². The first-order valence-electron chi connectivity index (χ1n) is 19.5. The van der Waals surface area contributed by atoms with E-state index in [0.29, 0.717) is 109 Å². The number of aromatic nitrogens is 2. The van der Waals surface area contributed by atoms with Gasteiger partial charge in [-0.25, -0.2) is 9.51 Å². The second-order valence-electron chi connectivity index (χ2n) is 13.4. The summed E-state index contributed by atoms with van der Waals surface area (Å²) in [5.74, 6) is 1.05. The number of amidine groups is 1. The number of halogens is 1. The van der Waals surface area contributed by atoms with E-state index in [1.54, 1.807) is 19.4 Å². The number of nitrogens with one attached hydrogen (secondary N) is 1. The van der Waals surface area contributed by atoms with Crippen molar-refractivity contribution in [1.82, 2.24) is 9.61 Å². The number of aliphatic imine (C=N–C) groups is 1. The van der Waals surface area contributed by atoms with Crippen LogP contribution < -0.4 is 21.5 Å². The third kappa shape index (κ3) is 15.0. The van der Waals surface area contributed by atoms with Crippen LogP contribution in [0.2, 0.25) is 5.02 Å². The van der Waals surface area contributed by atoms with Crippen LogP contribution in [-0.4, -0.2) is 132 Å². The minimum Gasteiger partial charge on any atom is -0.508 e. The van der Waals surface area contributed by atoms with E-state index in [9.17, 15) is 5.11 Å². The molecular weight excluding hydrogens is 756 g/mol. The van der Waals surface area contributed by atoms with Crippen molar-refractivity contribution in [2.24, 2.45) is 16.5 Å². The van der Waals surface area contributed by atoms with Crippen molar-refractivity contribution >= 4 is 34.3 Å².